The summed E-state index contributed by atoms with van der Waals surface area (Å²) in [5, 5.41) is 4.07. The number of carbonyl (C=O) groups excluding carboxylic acids is 1. The average Bonchev–Trinajstić information content (AvgIpc) is 3.08. The Balaban J connectivity index is 1.80. The van der Waals surface area contributed by atoms with Gasteiger partial charge in [0.25, 0.3) is 5.91 Å². The third kappa shape index (κ3) is 3.12. The van der Waals surface area contributed by atoms with E-state index in [0.29, 0.717) is 17.2 Å². The van der Waals surface area contributed by atoms with E-state index in [2.05, 4.69) is 24.1 Å². The van der Waals surface area contributed by atoms with E-state index in [1.807, 2.05) is 25.1 Å². The zero-order chi connectivity index (χ0) is 16.6. The van der Waals surface area contributed by atoms with Crippen molar-refractivity contribution in [3.63, 3.8) is 0 Å². The molecule has 0 spiro atoms. The summed E-state index contributed by atoms with van der Waals surface area (Å²) < 4.78 is 11.2. The van der Waals surface area contributed by atoms with Crippen LogP contribution in [0.4, 0.5) is 0 Å². The van der Waals surface area contributed by atoms with Crippen molar-refractivity contribution >= 4 is 16.9 Å². The standard InChI is InChI=1S/C18H24N2O3/c1-11(2)20-9-15(16(10-20)22-4)19-18(21)14-7-5-6-13-8-12(3)23-17(13)14/h5-8,11,15-16H,9-10H2,1-4H3,(H,19,21)/t15-,16-/m0/s1. The SMILES string of the molecule is CO[C@H]1CN(C(C)C)C[C@@H]1NC(=O)c1cccc2cc(C)oc12. The molecule has 23 heavy (non-hydrogen) atoms. The lowest BCUT2D eigenvalue weighted by molar-refractivity contribution is 0.0753. The number of benzene rings is 1. The molecule has 2 atom stereocenters. The molecule has 0 unspecified atom stereocenters. The quantitative estimate of drug-likeness (QED) is 0.942. The number of furan rings is 1. The van der Waals surface area contributed by atoms with E-state index in [9.17, 15) is 4.79 Å². The Bertz CT molecular complexity index is 707. The molecule has 1 aliphatic rings. The van der Waals surface area contributed by atoms with Crippen molar-refractivity contribution in [2.75, 3.05) is 20.2 Å². The predicted octanol–water partition coefficient (Wildman–Crippen LogP) is 2.58. The van der Waals surface area contributed by atoms with Crippen LogP contribution >= 0.6 is 0 Å². The first-order valence-corrected chi connectivity index (χ1v) is 8.06. The second kappa shape index (κ2) is 6.34. The van der Waals surface area contributed by atoms with Crippen molar-refractivity contribution in [2.24, 2.45) is 0 Å². The van der Waals surface area contributed by atoms with Crippen LogP contribution in [0.15, 0.2) is 28.7 Å². The Labute approximate surface area is 136 Å². The van der Waals surface area contributed by atoms with E-state index >= 15 is 0 Å². The van der Waals surface area contributed by atoms with Crippen LogP contribution in [0.1, 0.15) is 30.0 Å². The maximum Gasteiger partial charge on any atom is 0.255 e. The molecule has 1 N–H and O–H groups in total. The van der Waals surface area contributed by atoms with Gasteiger partial charge in [-0.05, 0) is 32.9 Å². The maximum absolute atomic E-state index is 12.7. The van der Waals surface area contributed by atoms with Gasteiger partial charge in [0.05, 0.1) is 17.7 Å². The van der Waals surface area contributed by atoms with Gasteiger partial charge in [0, 0.05) is 31.6 Å². The summed E-state index contributed by atoms with van der Waals surface area (Å²) in [7, 11) is 1.70. The van der Waals surface area contributed by atoms with Crippen molar-refractivity contribution in [1.82, 2.24) is 10.2 Å². The smallest absolute Gasteiger partial charge is 0.255 e. The Morgan fingerprint density at radius 1 is 1.39 bits per heavy atom. The molecule has 1 aliphatic heterocycles. The van der Waals surface area contributed by atoms with E-state index in [1.165, 1.54) is 0 Å². The topological polar surface area (TPSA) is 54.7 Å². The number of methoxy groups -OCH3 is 1. The maximum atomic E-state index is 12.7. The van der Waals surface area contributed by atoms with Crippen LogP contribution < -0.4 is 5.32 Å². The number of carbonyl (C=O) groups is 1. The summed E-state index contributed by atoms with van der Waals surface area (Å²) in [5.41, 5.74) is 1.23. The van der Waals surface area contributed by atoms with Gasteiger partial charge in [-0.3, -0.25) is 9.69 Å². The van der Waals surface area contributed by atoms with Gasteiger partial charge in [-0.15, -0.1) is 0 Å². The summed E-state index contributed by atoms with van der Waals surface area (Å²) >= 11 is 0. The van der Waals surface area contributed by atoms with Crippen molar-refractivity contribution in [2.45, 2.75) is 39.0 Å². The fourth-order valence-corrected chi connectivity index (χ4v) is 3.22. The van der Waals surface area contributed by atoms with E-state index < -0.39 is 0 Å². The van der Waals surface area contributed by atoms with Gasteiger partial charge in [-0.2, -0.15) is 0 Å². The van der Waals surface area contributed by atoms with Gasteiger partial charge < -0.3 is 14.5 Å². The first-order valence-electron chi connectivity index (χ1n) is 8.06. The minimum absolute atomic E-state index is 0.0128. The van der Waals surface area contributed by atoms with Crippen molar-refractivity contribution in [3.8, 4) is 0 Å². The fraction of sp³-hybridized carbons (Fsp3) is 0.500. The van der Waals surface area contributed by atoms with Crippen LogP contribution in [0, 0.1) is 6.92 Å². The minimum Gasteiger partial charge on any atom is -0.461 e. The monoisotopic (exact) mass is 316 g/mol. The molecule has 1 amide bonds. The molecule has 2 aromatic rings. The van der Waals surface area contributed by atoms with Crippen LogP contribution in [0.3, 0.4) is 0 Å². The lowest BCUT2D eigenvalue weighted by Crippen LogP contribution is -2.43. The second-order valence-corrected chi connectivity index (χ2v) is 6.48. The molecule has 0 radical (unpaired) electrons. The molecule has 5 nitrogen and oxygen atoms in total. The van der Waals surface area contributed by atoms with Crippen molar-refractivity contribution in [1.29, 1.82) is 0 Å². The molecule has 3 rings (SSSR count). The first kappa shape index (κ1) is 16.0. The van der Waals surface area contributed by atoms with E-state index in [4.69, 9.17) is 9.15 Å². The van der Waals surface area contributed by atoms with Gasteiger partial charge in [0.1, 0.15) is 11.3 Å². The largest absolute Gasteiger partial charge is 0.461 e. The highest BCUT2D eigenvalue weighted by molar-refractivity contribution is 6.05. The molecule has 1 fully saturated rings. The Morgan fingerprint density at radius 3 is 2.87 bits per heavy atom. The molecule has 5 heteroatoms. The third-order valence-electron chi connectivity index (χ3n) is 4.56. The van der Waals surface area contributed by atoms with Crippen LogP contribution in [0.25, 0.3) is 11.0 Å². The van der Waals surface area contributed by atoms with E-state index in [0.717, 1.165) is 24.2 Å². The summed E-state index contributed by atoms with van der Waals surface area (Å²) in [6.07, 6.45) is 0.0129. The minimum atomic E-state index is -0.109. The molecule has 1 aromatic carbocycles. The summed E-state index contributed by atoms with van der Waals surface area (Å²) in [5.74, 6) is 0.699. The van der Waals surface area contributed by atoms with Crippen LogP contribution in [0.2, 0.25) is 0 Å². The summed E-state index contributed by atoms with van der Waals surface area (Å²) in [4.78, 5) is 15.0. The third-order valence-corrected chi connectivity index (χ3v) is 4.56. The van der Waals surface area contributed by atoms with Crippen LogP contribution in [-0.2, 0) is 4.74 Å². The molecule has 0 saturated carbocycles. The zero-order valence-corrected chi connectivity index (χ0v) is 14.1. The molecular weight excluding hydrogens is 292 g/mol. The molecule has 2 heterocycles. The summed E-state index contributed by atoms with van der Waals surface area (Å²) in [6.45, 7) is 7.84. The van der Waals surface area contributed by atoms with Gasteiger partial charge in [-0.1, -0.05) is 12.1 Å². The number of amides is 1. The lowest BCUT2D eigenvalue weighted by atomic mass is 10.1. The fourth-order valence-electron chi connectivity index (χ4n) is 3.22. The number of aryl methyl sites for hydroxylation is 1. The molecule has 1 aromatic heterocycles. The van der Waals surface area contributed by atoms with Crippen LogP contribution in [0.5, 0.6) is 0 Å². The highest BCUT2D eigenvalue weighted by Crippen LogP contribution is 2.23. The Kier molecular flexibility index (Phi) is 4.41. The number of nitrogens with one attached hydrogen (secondary N) is 1. The molecule has 1 saturated heterocycles. The highest BCUT2D eigenvalue weighted by Gasteiger charge is 2.35. The number of likely N-dealkylation sites (tertiary alicyclic amines) is 1. The average molecular weight is 316 g/mol. The number of nitrogens with zero attached hydrogens (tertiary/aromatic N) is 1. The summed E-state index contributed by atoms with van der Waals surface area (Å²) in [6, 6.07) is 8.01. The van der Waals surface area contributed by atoms with E-state index in [-0.39, 0.29) is 18.1 Å². The molecule has 0 aliphatic carbocycles. The number of rotatable bonds is 4. The number of hydrogen-bond acceptors (Lipinski definition) is 4. The molecular formula is C18H24N2O3. The predicted molar refractivity (Wildman–Crippen MR) is 89.7 cm³/mol. The van der Waals surface area contributed by atoms with Gasteiger partial charge in [-0.25, -0.2) is 0 Å². The first-order chi connectivity index (χ1) is 11.0. The van der Waals surface area contributed by atoms with Crippen molar-refractivity contribution < 1.29 is 13.9 Å². The van der Waals surface area contributed by atoms with Gasteiger partial charge in [0.15, 0.2) is 0 Å². The Hall–Kier alpha value is -1.85. The molecule has 0 bridgehead atoms. The number of para-hydroxylation sites is 1. The Morgan fingerprint density at radius 2 is 2.17 bits per heavy atom. The second-order valence-electron chi connectivity index (χ2n) is 6.48. The number of fused-ring (bicyclic) bond motifs is 1. The van der Waals surface area contributed by atoms with E-state index in [1.54, 1.807) is 13.2 Å². The zero-order valence-electron chi connectivity index (χ0n) is 14.1. The number of ether oxygens (including phenoxy) is 1. The molecule has 124 valence electrons. The lowest BCUT2D eigenvalue weighted by Gasteiger charge is -2.20. The van der Waals surface area contributed by atoms with Crippen molar-refractivity contribution in [3.05, 3.63) is 35.6 Å². The highest BCUT2D eigenvalue weighted by atomic mass is 16.5. The van der Waals surface area contributed by atoms with Gasteiger partial charge in [0.2, 0.25) is 0 Å². The van der Waals surface area contributed by atoms with Gasteiger partial charge >= 0.3 is 0 Å². The number of hydrogen-bond donors (Lipinski definition) is 1. The normalized spacial score (nSPS) is 22.1. The van der Waals surface area contributed by atoms with Crippen LogP contribution in [-0.4, -0.2) is 49.2 Å².